The van der Waals surface area contributed by atoms with Gasteiger partial charge in [0.25, 0.3) is 0 Å². The van der Waals surface area contributed by atoms with E-state index in [1.54, 1.807) is 0 Å². The van der Waals surface area contributed by atoms with Gasteiger partial charge in [0.05, 0.1) is 6.07 Å². The number of carbonyl (C=O) groups is 1. The number of nitrogens with one attached hydrogen (secondary N) is 2. The molecule has 22 heavy (non-hydrogen) atoms. The lowest BCUT2D eigenvalue weighted by Crippen LogP contribution is -2.41. The maximum Gasteiger partial charge on any atom is 0.243 e. The first-order valence-corrected chi connectivity index (χ1v) is 7.21. The van der Waals surface area contributed by atoms with Gasteiger partial charge in [0.15, 0.2) is 0 Å². The number of aryl methyl sites for hydroxylation is 1. The Labute approximate surface area is 130 Å². The molecular formula is C18H19N3O. The molecule has 2 aromatic carbocycles. The molecule has 0 aliphatic heterocycles. The monoisotopic (exact) mass is 293 g/mol. The third-order valence-electron chi connectivity index (χ3n) is 3.30. The minimum atomic E-state index is -0.419. The summed E-state index contributed by atoms with van der Waals surface area (Å²) in [5, 5.41) is 14.5. The molecule has 0 saturated carbocycles. The molecule has 1 atom stereocenters. The molecule has 0 saturated heterocycles. The summed E-state index contributed by atoms with van der Waals surface area (Å²) in [5.74, 6) is -0.174. The molecule has 2 N–H and O–H groups in total. The van der Waals surface area contributed by atoms with E-state index in [0.717, 1.165) is 16.8 Å². The van der Waals surface area contributed by atoms with Crippen LogP contribution >= 0.6 is 0 Å². The summed E-state index contributed by atoms with van der Waals surface area (Å²) in [5.41, 5.74) is 3.13. The smallest absolute Gasteiger partial charge is 0.243 e. The molecule has 4 nitrogen and oxygen atoms in total. The van der Waals surface area contributed by atoms with Crippen LogP contribution in [0.2, 0.25) is 0 Å². The van der Waals surface area contributed by atoms with Crippen LogP contribution in [0.1, 0.15) is 11.1 Å². The fourth-order valence-electron chi connectivity index (χ4n) is 2.27. The number of hydrogen-bond donors (Lipinski definition) is 2. The summed E-state index contributed by atoms with van der Waals surface area (Å²) in [6.07, 6.45) is 0.563. The quantitative estimate of drug-likeness (QED) is 0.805. The van der Waals surface area contributed by atoms with Gasteiger partial charge in [0, 0.05) is 12.1 Å². The van der Waals surface area contributed by atoms with E-state index in [-0.39, 0.29) is 12.5 Å². The van der Waals surface area contributed by atoms with Crippen LogP contribution in [0.3, 0.4) is 0 Å². The van der Waals surface area contributed by atoms with Gasteiger partial charge in [-0.25, -0.2) is 0 Å². The van der Waals surface area contributed by atoms with Gasteiger partial charge in [-0.2, -0.15) is 5.26 Å². The molecule has 1 unspecified atom stereocenters. The van der Waals surface area contributed by atoms with Crippen molar-refractivity contribution in [2.45, 2.75) is 19.4 Å². The van der Waals surface area contributed by atoms with Crippen molar-refractivity contribution in [1.82, 2.24) is 5.32 Å². The number of carbonyl (C=O) groups excluding carboxylic acids is 1. The van der Waals surface area contributed by atoms with E-state index in [4.69, 9.17) is 5.26 Å². The highest BCUT2D eigenvalue weighted by molar-refractivity contribution is 5.85. The molecule has 0 radical (unpaired) electrons. The first-order valence-electron chi connectivity index (χ1n) is 7.21. The zero-order chi connectivity index (χ0) is 15.8. The Balaban J connectivity index is 2.14. The molecule has 2 rings (SSSR count). The third-order valence-corrected chi connectivity index (χ3v) is 3.30. The number of hydrogen-bond acceptors (Lipinski definition) is 3. The summed E-state index contributed by atoms with van der Waals surface area (Å²) in [6, 6.07) is 19.2. The Kier molecular flexibility index (Phi) is 5.56. The zero-order valence-corrected chi connectivity index (χ0v) is 12.5. The van der Waals surface area contributed by atoms with Gasteiger partial charge in [-0.3, -0.25) is 4.79 Å². The molecular weight excluding hydrogens is 274 g/mol. The second kappa shape index (κ2) is 7.84. The zero-order valence-electron chi connectivity index (χ0n) is 12.5. The highest BCUT2D eigenvalue weighted by Crippen LogP contribution is 2.12. The normalized spacial score (nSPS) is 11.3. The molecule has 2 aromatic rings. The van der Waals surface area contributed by atoms with E-state index in [0.29, 0.717) is 6.42 Å². The molecule has 4 heteroatoms. The Morgan fingerprint density at radius 3 is 2.64 bits per heavy atom. The topological polar surface area (TPSA) is 64.9 Å². The average Bonchev–Trinajstić information content (AvgIpc) is 2.53. The molecule has 0 aliphatic rings. The number of rotatable bonds is 6. The van der Waals surface area contributed by atoms with Crippen molar-refractivity contribution < 1.29 is 4.79 Å². The van der Waals surface area contributed by atoms with E-state index in [2.05, 4.69) is 16.7 Å². The van der Waals surface area contributed by atoms with Crippen LogP contribution in [-0.4, -0.2) is 18.5 Å². The fourth-order valence-corrected chi connectivity index (χ4v) is 2.27. The van der Waals surface area contributed by atoms with E-state index >= 15 is 0 Å². The first kappa shape index (κ1) is 15.6. The van der Waals surface area contributed by atoms with Gasteiger partial charge in [0.1, 0.15) is 12.6 Å². The van der Waals surface area contributed by atoms with Gasteiger partial charge in [-0.15, -0.1) is 0 Å². The summed E-state index contributed by atoms with van der Waals surface area (Å²) in [4.78, 5) is 12.3. The number of nitriles is 1. The van der Waals surface area contributed by atoms with Gasteiger partial charge >= 0.3 is 0 Å². The van der Waals surface area contributed by atoms with E-state index in [1.807, 2.05) is 61.5 Å². The third kappa shape index (κ3) is 4.64. The van der Waals surface area contributed by atoms with Crippen molar-refractivity contribution in [1.29, 1.82) is 5.26 Å². The van der Waals surface area contributed by atoms with E-state index in [9.17, 15) is 4.79 Å². The molecule has 0 bridgehead atoms. The fraction of sp³-hybridized carbons (Fsp3) is 0.222. The second-order valence-corrected chi connectivity index (χ2v) is 5.13. The van der Waals surface area contributed by atoms with Gasteiger partial charge in [0.2, 0.25) is 5.91 Å². The Hall–Kier alpha value is -2.80. The highest BCUT2D eigenvalue weighted by atomic mass is 16.2. The van der Waals surface area contributed by atoms with E-state index in [1.165, 1.54) is 0 Å². The van der Waals surface area contributed by atoms with Crippen LogP contribution in [0.5, 0.6) is 0 Å². The summed E-state index contributed by atoms with van der Waals surface area (Å²) in [7, 11) is 0. The Morgan fingerprint density at radius 2 is 1.95 bits per heavy atom. The highest BCUT2D eigenvalue weighted by Gasteiger charge is 2.18. The number of anilines is 1. The van der Waals surface area contributed by atoms with Crippen molar-refractivity contribution in [2.24, 2.45) is 0 Å². The maximum atomic E-state index is 12.3. The predicted octanol–water partition coefficient (Wildman–Crippen LogP) is 2.66. The SMILES string of the molecule is Cc1cccc(CC(Nc2ccccc2)C(=O)NCC#N)c1. The van der Waals surface area contributed by atoms with Crippen LogP contribution in [0, 0.1) is 18.3 Å². The lowest BCUT2D eigenvalue weighted by molar-refractivity contribution is -0.121. The number of amides is 1. The first-order chi connectivity index (χ1) is 10.7. The van der Waals surface area contributed by atoms with Crippen LogP contribution in [0.15, 0.2) is 54.6 Å². The number of benzene rings is 2. The van der Waals surface area contributed by atoms with Crippen LogP contribution < -0.4 is 10.6 Å². The van der Waals surface area contributed by atoms with Gasteiger partial charge in [-0.1, -0.05) is 48.0 Å². The predicted molar refractivity (Wildman–Crippen MR) is 87.4 cm³/mol. The van der Waals surface area contributed by atoms with Crippen molar-refractivity contribution in [2.75, 3.05) is 11.9 Å². The molecule has 112 valence electrons. The minimum Gasteiger partial charge on any atom is -0.373 e. The molecule has 0 aromatic heterocycles. The molecule has 0 spiro atoms. The lowest BCUT2D eigenvalue weighted by atomic mass is 10.0. The Bertz CT molecular complexity index is 662. The van der Waals surface area contributed by atoms with Crippen molar-refractivity contribution in [3.05, 3.63) is 65.7 Å². The number of nitrogens with zero attached hydrogens (tertiary/aromatic N) is 1. The number of para-hydroxylation sites is 1. The minimum absolute atomic E-state index is 0.0135. The standard InChI is InChI=1S/C18H19N3O/c1-14-6-5-7-15(12-14)13-17(18(22)20-11-10-19)21-16-8-3-2-4-9-16/h2-9,12,17,21H,11,13H2,1H3,(H,20,22). The van der Waals surface area contributed by atoms with Gasteiger partial charge in [-0.05, 0) is 24.6 Å². The van der Waals surface area contributed by atoms with Crippen LogP contribution in [-0.2, 0) is 11.2 Å². The Morgan fingerprint density at radius 1 is 1.18 bits per heavy atom. The largest absolute Gasteiger partial charge is 0.373 e. The van der Waals surface area contributed by atoms with Crippen molar-refractivity contribution in [3.63, 3.8) is 0 Å². The van der Waals surface area contributed by atoms with Gasteiger partial charge < -0.3 is 10.6 Å². The molecule has 1 amide bonds. The molecule has 0 heterocycles. The molecule has 0 aliphatic carbocycles. The maximum absolute atomic E-state index is 12.3. The van der Waals surface area contributed by atoms with Crippen LogP contribution in [0.4, 0.5) is 5.69 Å². The van der Waals surface area contributed by atoms with Crippen LogP contribution in [0.25, 0.3) is 0 Å². The molecule has 0 fully saturated rings. The summed E-state index contributed by atoms with van der Waals surface area (Å²) < 4.78 is 0. The van der Waals surface area contributed by atoms with Crippen molar-refractivity contribution in [3.8, 4) is 6.07 Å². The van der Waals surface area contributed by atoms with E-state index < -0.39 is 6.04 Å². The summed E-state index contributed by atoms with van der Waals surface area (Å²) in [6.45, 7) is 2.04. The summed E-state index contributed by atoms with van der Waals surface area (Å²) >= 11 is 0. The average molecular weight is 293 g/mol. The lowest BCUT2D eigenvalue weighted by Gasteiger charge is -2.19. The van der Waals surface area contributed by atoms with Crippen molar-refractivity contribution >= 4 is 11.6 Å². The second-order valence-electron chi connectivity index (χ2n) is 5.13.